The van der Waals surface area contributed by atoms with Crippen LogP contribution < -0.4 is 15.4 Å². The number of nitrogens with zero attached hydrogens (tertiary/aromatic N) is 3. The fraction of sp³-hybridized carbons (Fsp3) is 0.133. The van der Waals surface area contributed by atoms with Gasteiger partial charge < -0.3 is 15.4 Å². The summed E-state index contributed by atoms with van der Waals surface area (Å²) < 4.78 is 77.1. The Bertz CT molecular complexity index is 1940. The summed E-state index contributed by atoms with van der Waals surface area (Å²) in [5.74, 6) is -3.44. The van der Waals surface area contributed by atoms with E-state index in [4.69, 9.17) is 4.98 Å². The van der Waals surface area contributed by atoms with Crippen LogP contribution in [0.4, 0.5) is 29.6 Å². The minimum absolute atomic E-state index is 0.0818. The third kappa shape index (κ3) is 7.05. The monoisotopic (exact) mass is 654 g/mol. The molecule has 0 fully saturated rings. The molecule has 0 aliphatic rings. The Labute approximate surface area is 260 Å². The molecule has 232 valence electrons. The second-order valence-corrected chi connectivity index (χ2v) is 12.2. The summed E-state index contributed by atoms with van der Waals surface area (Å²) in [5, 5.41) is 6.19. The zero-order valence-electron chi connectivity index (χ0n) is 23.7. The fourth-order valence-corrected chi connectivity index (χ4v) is 6.49. The largest absolute Gasteiger partial charge is 0.453 e. The first-order chi connectivity index (χ1) is 21.6. The molecule has 0 aliphatic carbocycles. The molecule has 3 aromatic carbocycles. The summed E-state index contributed by atoms with van der Waals surface area (Å²) in [6.07, 6.45) is 0.908. The summed E-state index contributed by atoms with van der Waals surface area (Å²) in [5.41, 5.74) is 0.668. The van der Waals surface area contributed by atoms with Gasteiger partial charge in [0.2, 0.25) is 5.95 Å². The summed E-state index contributed by atoms with van der Waals surface area (Å²) in [6.45, 7) is 2.02. The fourth-order valence-electron chi connectivity index (χ4n) is 4.24. The van der Waals surface area contributed by atoms with E-state index in [-0.39, 0.29) is 29.8 Å². The number of anilines is 2. The van der Waals surface area contributed by atoms with Crippen molar-refractivity contribution in [2.75, 3.05) is 23.7 Å². The van der Waals surface area contributed by atoms with Crippen molar-refractivity contribution >= 4 is 39.1 Å². The molecule has 0 bridgehead atoms. The number of benzene rings is 3. The van der Waals surface area contributed by atoms with E-state index < -0.39 is 44.2 Å². The van der Waals surface area contributed by atoms with Crippen LogP contribution in [-0.2, 0) is 14.8 Å². The Kier molecular flexibility index (Phi) is 9.29. The molecule has 1 atom stereocenters. The van der Waals surface area contributed by atoms with Gasteiger partial charge in [-0.2, -0.15) is 0 Å². The van der Waals surface area contributed by atoms with Crippen molar-refractivity contribution in [1.29, 1.82) is 0 Å². The maximum absolute atomic E-state index is 16.1. The van der Waals surface area contributed by atoms with E-state index in [0.29, 0.717) is 15.6 Å². The molecule has 45 heavy (non-hydrogen) atoms. The van der Waals surface area contributed by atoms with Gasteiger partial charge in [0.25, 0.3) is 10.0 Å². The van der Waals surface area contributed by atoms with E-state index in [2.05, 4.69) is 25.3 Å². The Morgan fingerprint density at radius 3 is 2.38 bits per heavy atom. The van der Waals surface area contributed by atoms with E-state index >= 15 is 4.39 Å². The number of halogens is 3. The van der Waals surface area contributed by atoms with E-state index in [1.54, 1.807) is 13.0 Å². The first-order valence-electron chi connectivity index (χ1n) is 13.3. The van der Waals surface area contributed by atoms with E-state index in [9.17, 15) is 22.0 Å². The third-order valence-corrected chi connectivity index (χ3v) is 8.88. The van der Waals surface area contributed by atoms with Crippen LogP contribution in [0.15, 0.2) is 83.9 Å². The molecule has 0 saturated heterocycles. The van der Waals surface area contributed by atoms with Crippen LogP contribution in [-0.4, -0.2) is 49.2 Å². The van der Waals surface area contributed by atoms with Gasteiger partial charge in [-0.3, -0.25) is 4.72 Å². The number of alkyl carbamates (subject to hydrolysis) is 1. The maximum Gasteiger partial charge on any atom is 0.407 e. The number of methoxy groups -OCH3 is 1. The van der Waals surface area contributed by atoms with Crippen molar-refractivity contribution < 1.29 is 31.1 Å². The molecule has 0 radical (unpaired) electrons. The minimum Gasteiger partial charge on any atom is -0.453 e. The molecule has 15 heteroatoms. The highest BCUT2D eigenvalue weighted by molar-refractivity contribution is 7.92. The Morgan fingerprint density at radius 2 is 1.67 bits per heavy atom. The van der Waals surface area contributed by atoms with Gasteiger partial charge in [-0.15, -0.1) is 11.3 Å². The van der Waals surface area contributed by atoms with Crippen LogP contribution in [0.3, 0.4) is 0 Å². The number of amides is 1. The van der Waals surface area contributed by atoms with Crippen LogP contribution in [0.5, 0.6) is 0 Å². The van der Waals surface area contributed by atoms with Crippen molar-refractivity contribution in [3.63, 3.8) is 0 Å². The van der Waals surface area contributed by atoms with Crippen LogP contribution in [0, 0.1) is 17.5 Å². The van der Waals surface area contributed by atoms with Crippen LogP contribution in [0.2, 0.25) is 0 Å². The Balaban J connectivity index is 1.54. The molecule has 2 heterocycles. The van der Waals surface area contributed by atoms with Crippen molar-refractivity contribution in [2.45, 2.75) is 17.9 Å². The zero-order valence-corrected chi connectivity index (χ0v) is 25.3. The number of rotatable bonds is 10. The number of thiazole rings is 1. The first-order valence-corrected chi connectivity index (χ1v) is 15.6. The van der Waals surface area contributed by atoms with Gasteiger partial charge >= 0.3 is 6.09 Å². The second-order valence-electron chi connectivity index (χ2n) is 9.57. The van der Waals surface area contributed by atoms with Gasteiger partial charge in [-0.05, 0) is 37.3 Å². The van der Waals surface area contributed by atoms with Crippen LogP contribution >= 0.6 is 11.3 Å². The van der Waals surface area contributed by atoms with Gasteiger partial charge in [0.1, 0.15) is 16.6 Å². The lowest BCUT2D eigenvalue weighted by Gasteiger charge is -2.14. The van der Waals surface area contributed by atoms with Crippen LogP contribution in [0.25, 0.3) is 32.4 Å². The number of carbonyl (C=O) groups excluding carboxylic acids is 1. The molecular weight excluding hydrogens is 629 g/mol. The summed E-state index contributed by atoms with van der Waals surface area (Å²) in [6, 6.07) is 17.0. The predicted octanol–water partition coefficient (Wildman–Crippen LogP) is 6.31. The van der Waals surface area contributed by atoms with Crippen molar-refractivity contribution in [2.24, 2.45) is 0 Å². The minimum atomic E-state index is -4.85. The highest BCUT2D eigenvalue weighted by atomic mass is 32.2. The molecule has 0 unspecified atom stereocenters. The highest BCUT2D eigenvalue weighted by Gasteiger charge is 2.27. The average Bonchev–Trinajstić information content (AvgIpc) is 3.47. The van der Waals surface area contributed by atoms with Crippen molar-refractivity contribution in [3.05, 3.63) is 96.4 Å². The smallest absolute Gasteiger partial charge is 0.407 e. The number of aromatic nitrogens is 3. The SMILES string of the molecule is COC(=O)N[C@@H](C)CNc1nccc(-c2sc(-c3ccccc3)nc2-c2cccc(NS(=O)(=O)c3c(F)cccc3F)c2F)n1. The molecule has 10 nitrogen and oxygen atoms in total. The average molecular weight is 655 g/mol. The number of ether oxygens (including phenoxy) is 1. The third-order valence-electron chi connectivity index (χ3n) is 6.34. The van der Waals surface area contributed by atoms with Gasteiger partial charge in [-0.25, -0.2) is 41.3 Å². The molecule has 0 aliphatic heterocycles. The number of carbonyl (C=O) groups is 1. The van der Waals surface area contributed by atoms with E-state index in [1.165, 1.54) is 36.8 Å². The zero-order chi connectivity index (χ0) is 32.1. The van der Waals surface area contributed by atoms with E-state index in [1.807, 2.05) is 35.1 Å². The van der Waals surface area contributed by atoms with Gasteiger partial charge in [0.15, 0.2) is 10.7 Å². The lowest BCUT2D eigenvalue weighted by Crippen LogP contribution is -2.37. The standard InChI is InChI=1S/C30H25F3N6O4S2/c1-17(36-30(40)43-2)16-35-29-34-15-14-23(37-29)26-25(38-28(44-26)18-8-4-3-5-9-18)19-10-6-13-22(24(19)33)39-45(41,42)27-20(31)11-7-12-21(27)32/h3-15,17,39H,16H2,1-2H3,(H,36,40)(H,34,35,37)/t17-/m0/s1. The molecule has 5 aromatic rings. The molecule has 0 spiro atoms. The lowest BCUT2D eigenvalue weighted by atomic mass is 10.1. The topological polar surface area (TPSA) is 135 Å². The Hall–Kier alpha value is -5.02. The van der Waals surface area contributed by atoms with Gasteiger partial charge in [0, 0.05) is 29.9 Å². The summed E-state index contributed by atoms with van der Waals surface area (Å²) in [4.78, 5) is 24.2. The van der Waals surface area contributed by atoms with Crippen LogP contribution in [0.1, 0.15) is 6.92 Å². The van der Waals surface area contributed by atoms with E-state index in [0.717, 1.165) is 29.8 Å². The molecule has 5 rings (SSSR count). The highest BCUT2D eigenvalue weighted by Crippen LogP contribution is 2.42. The first kappa shape index (κ1) is 31.4. The maximum atomic E-state index is 16.1. The molecule has 3 N–H and O–H groups in total. The second kappa shape index (κ2) is 13.3. The molecular formula is C30H25F3N6O4S2. The van der Waals surface area contributed by atoms with Gasteiger partial charge in [-0.1, -0.05) is 42.5 Å². The molecule has 1 amide bonds. The predicted molar refractivity (Wildman–Crippen MR) is 165 cm³/mol. The Morgan fingerprint density at radius 1 is 0.956 bits per heavy atom. The quantitative estimate of drug-likeness (QED) is 0.160. The molecule has 0 saturated carbocycles. The van der Waals surface area contributed by atoms with Crippen molar-refractivity contribution in [1.82, 2.24) is 20.3 Å². The normalized spacial score (nSPS) is 11.9. The number of hydrogen-bond donors (Lipinski definition) is 3. The summed E-state index contributed by atoms with van der Waals surface area (Å²) in [7, 11) is -3.59. The van der Waals surface area contributed by atoms with Gasteiger partial charge in [0.05, 0.1) is 29.1 Å². The summed E-state index contributed by atoms with van der Waals surface area (Å²) >= 11 is 1.23. The number of nitrogens with one attached hydrogen (secondary N) is 3. The lowest BCUT2D eigenvalue weighted by molar-refractivity contribution is 0.168. The van der Waals surface area contributed by atoms with Crippen molar-refractivity contribution in [3.8, 4) is 32.4 Å². The number of sulfonamides is 1. The number of hydrogen-bond acceptors (Lipinski definition) is 9. The molecule has 2 aromatic heterocycles.